The number of carboxylic acid groups (broad SMARTS) is 1. The Bertz CT molecular complexity index is 490. The normalized spacial score (nSPS) is 11.0. The number of nitrogens with one attached hydrogen (secondary N) is 2. The van der Waals surface area contributed by atoms with Gasteiger partial charge in [-0.25, -0.2) is 4.79 Å². The van der Waals surface area contributed by atoms with E-state index in [0.29, 0.717) is 6.42 Å². The number of hydrogen-bond donors (Lipinski definition) is 3. The van der Waals surface area contributed by atoms with Gasteiger partial charge in [-0.1, -0.05) is 6.07 Å². The van der Waals surface area contributed by atoms with Gasteiger partial charge in [0.15, 0.2) is 0 Å². The van der Waals surface area contributed by atoms with E-state index in [9.17, 15) is 9.59 Å². The minimum atomic E-state index is -0.866. The maximum Gasteiger partial charge on any atom is 0.319 e. The Morgan fingerprint density at radius 2 is 1.70 bits per heavy atom. The highest BCUT2D eigenvalue weighted by atomic mass is 16.4. The van der Waals surface area contributed by atoms with Gasteiger partial charge in [-0.3, -0.25) is 4.79 Å². The SMILES string of the molecule is Cc1cc(C)cc(NC(=O)NC(C)(C)CCC(=O)O)c1. The molecule has 2 amide bonds. The maximum absolute atomic E-state index is 11.9. The van der Waals surface area contributed by atoms with Crippen molar-refractivity contribution >= 4 is 17.7 Å². The van der Waals surface area contributed by atoms with Crippen molar-refractivity contribution < 1.29 is 14.7 Å². The van der Waals surface area contributed by atoms with Crippen molar-refractivity contribution in [1.82, 2.24) is 5.32 Å². The van der Waals surface area contributed by atoms with Gasteiger partial charge in [-0.2, -0.15) is 0 Å². The number of anilines is 1. The summed E-state index contributed by atoms with van der Waals surface area (Å²) in [5.41, 5.74) is 2.31. The second kappa shape index (κ2) is 6.41. The Kier molecular flexibility index (Phi) is 5.13. The van der Waals surface area contributed by atoms with Crippen LogP contribution >= 0.6 is 0 Å². The van der Waals surface area contributed by atoms with Crippen LogP contribution in [0.1, 0.15) is 37.8 Å². The summed E-state index contributed by atoms with van der Waals surface area (Å²) in [6.45, 7) is 7.54. The fourth-order valence-corrected chi connectivity index (χ4v) is 2.00. The van der Waals surface area contributed by atoms with Crippen LogP contribution in [0.5, 0.6) is 0 Å². The molecule has 0 aromatic heterocycles. The van der Waals surface area contributed by atoms with E-state index < -0.39 is 11.5 Å². The van der Waals surface area contributed by atoms with Gasteiger partial charge in [0.1, 0.15) is 0 Å². The molecule has 3 N–H and O–H groups in total. The Morgan fingerprint density at radius 3 is 2.20 bits per heavy atom. The molecule has 1 rings (SSSR count). The summed E-state index contributed by atoms with van der Waals surface area (Å²) in [6.07, 6.45) is 0.402. The number of aryl methyl sites for hydroxylation is 2. The van der Waals surface area contributed by atoms with Crippen LogP contribution < -0.4 is 10.6 Å². The van der Waals surface area contributed by atoms with Gasteiger partial charge in [0.25, 0.3) is 0 Å². The predicted molar refractivity (Wildman–Crippen MR) is 79.0 cm³/mol. The zero-order valence-corrected chi connectivity index (χ0v) is 12.4. The van der Waals surface area contributed by atoms with Crippen molar-refractivity contribution in [2.75, 3.05) is 5.32 Å². The Hall–Kier alpha value is -2.04. The monoisotopic (exact) mass is 278 g/mol. The van der Waals surface area contributed by atoms with Gasteiger partial charge < -0.3 is 15.7 Å². The molecule has 5 heteroatoms. The third-order valence-corrected chi connectivity index (χ3v) is 2.90. The smallest absolute Gasteiger partial charge is 0.319 e. The molecular formula is C15H22N2O3. The van der Waals surface area contributed by atoms with E-state index in [1.165, 1.54) is 0 Å². The molecule has 0 aliphatic rings. The van der Waals surface area contributed by atoms with Crippen molar-refractivity contribution in [1.29, 1.82) is 0 Å². The van der Waals surface area contributed by atoms with E-state index in [-0.39, 0.29) is 12.5 Å². The summed E-state index contributed by atoms with van der Waals surface area (Å²) in [6, 6.07) is 5.47. The van der Waals surface area contributed by atoms with Crippen molar-refractivity contribution in [3.63, 3.8) is 0 Å². The van der Waals surface area contributed by atoms with Crippen LogP contribution in [0.3, 0.4) is 0 Å². The van der Waals surface area contributed by atoms with Crippen LogP contribution in [-0.2, 0) is 4.79 Å². The summed E-state index contributed by atoms with van der Waals surface area (Å²) in [5, 5.41) is 14.2. The number of carbonyl (C=O) groups excluding carboxylic acids is 1. The lowest BCUT2D eigenvalue weighted by Gasteiger charge is -2.25. The first-order valence-corrected chi connectivity index (χ1v) is 6.57. The number of carbonyl (C=O) groups is 2. The van der Waals surface area contributed by atoms with Gasteiger partial charge in [-0.05, 0) is 57.4 Å². The lowest BCUT2D eigenvalue weighted by atomic mass is 9.99. The summed E-state index contributed by atoms with van der Waals surface area (Å²) >= 11 is 0. The summed E-state index contributed by atoms with van der Waals surface area (Å²) in [5.74, 6) is -0.866. The number of aliphatic carboxylic acids is 1. The van der Waals surface area contributed by atoms with Crippen LogP contribution in [-0.4, -0.2) is 22.6 Å². The molecule has 0 aliphatic heterocycles. The lowest BCUT2D eigenvalue weighted by molar-refractivity contribution is -0.137. The molecule has 5 nitrogen and oxygen atoms in total. The molecule has 0 saturated heterocycles. The average Bonchev–Trinajstić information content (AvgIpc) is 2.23. The molecule has 0 unspecified atom stereocenters. The molecule has 20 heavy (non-hydrogen) atoms. The van der Waals surface area contributed by atoms with E-state index in [2.05, 4.69) is 10.6 Å². The second-order valence-electron chi connectivity index (χ2n) is 5.73. The quantitative estimate of drug-likeness (QED) is 0.774. The summed E-state index contributed by atoms with van der Waals surface area (Å²) < 4.78 is 0. The van der Waals surface area contributed by atoms with Crippen LogP contribution in [0.2, 0.25) is 0 Å². The highest BCUT2D eigenvalue weighted by molar-refractivity contribution is 5.90. The van der Waals surface area contributed by atoms with E-state index in [1.807, 2.05) is 32.0 Å². The highest BCUT2D eigenvalue weighted by Crippen LogP contribution is 2.15. The van der Waals surface area contributed by atoms with Crippen molar-refractivity contribution in [3.05, 3.63) is 29.3 Å². The van der Waals surface area contributed by atoms with Crippen molar-refractivity contribution in [3.8, 4) is 0 Å². The van der Waals surface area contributed by atoms with Crippen LogP contribution in [0.25, 0.3) is 0 Å². The molecule has 0 fully saturated rings. The molecule has 0 bridgehead atoms. The first kappa shape index (κ1) is 16.0. The lowest BCUT2D eigenvalue weighted by Crippen LogP contribution is -2.45. The maximum atomic E-state index is 11.9. The topological polar surface area (TPSA) is 78.4 Å². The van der Waals surface area contributed by atoms with E-state index in [0.717, 1.165) is 16.8 Å². The van der Waals surface area contributed by atoms with Gasteiger partial charge in [0, 0.05) is 17.6 Å². The first-order chi connectivity index (χ1) is 9.18. The number of carboxylic acids is 1. The number of urea groups is 1. The van der Waals surface area contributed by atoms with E-state index in [4.69, 9.17) is 5.11 Å². The molecule has 0 saturated carbocycles. The fraction of sp³-hybridized carbons (Fsp3) is 0.467. The predicted octanol–water partition coefficient (Wildman–Crippen LogP) is 3.07. The van der Waals surface area contributed by atoms with Gasteiger partial charge in [-0.15, -0.1) is 0 Å². The minimum absolute atomic E-state index is 0.0246. The highest BCUT2D eigenvalue weighted by Gasteiger charge is 2.21. The number of rotatable bonds is 5. The Morgan fingerprint density at radius 1 is 1.15 bits per heavy atom. The minimum Gasteiger partial charge on any atom is -0.481 e. The molecule has 0 radical (unpaired) electrons. The second-order valence-corrected chi connectivity index (χ2v) is 5.73. The summed E-state index contributed by atoms with van der Waals surface area (Å²) in [7, 11) is 0. The Balaban J connectivity index is 2.60. The molecule has 0 heterocycles. The van der Waals surface area contributed by atoms with Crippen molar-refractivity contribution in [2.45, 2.75) is 46.1 Å². The molecule has 0 spiro atoms. The fourth-order valence-electron chi connectivity index (χ4n) is 2.00. The number of amides is 2. The molecule has 1 aromatic rings. The molecule has 0 atom stereocenters. The summed E-state index contributed by atoms with van der Waals surface area (Å²) in [4.78, 5) is 22.5. The van der Waals surface area contributed by atoms with Gasteiger partial charge >= 0.3 is 12.0 Å². The van der Waals surface area contributed by atoms with Crippen LogP contribution in [0.4, 0.5) is 10.5 Å². The molecule has 0 aliphatic carbocycles. The number of benzene rings is 1. The Labute approximate surface area is 119 Å². The first-order valence-electron chi connectivity index (χ1n) is 6.57. The molecule has 110 valence electrons. The van der Waals surface area contributed by atoms with Crippen LogP contribution in [0.15, 0.2) is 18.2 Å². The zero-order valence-electron chi connectivity index (χ0n) is 12.4. The van der Waals surface area contributed by atoms with Crippen molar-refractivity contribution in [2.24, 2.45) is 0 Å². The van der Waals surface area contributed by atoms with E-state index >= 15 is 0 Å². The molecular weight excluding hydrogens is 256 g/mol. The number of hydrogen-bond acceptors (Lipinski definition) is 2. The third-order valence-electron chi connectivity index (χ3n) is 2.90. The largest absolute Gasteiger partial charge is 0.481 e. The van der Waals surface area contributed by atoms with E-state index in [1.54, 1.807) is 13.8 Å². The van der Waals surface area contributed by atoms with Crippen LogP contribution in [0, 0.1) is 13.8 Å². The standard InChI is InChI=1S/C15H22N2O3/c1-10-7-11(2)9-12(8-10)16-14(20)17-15(3,4)6-5-13(18)19/h7-9H,5-6H2,1-4H3,(H,18,19)(H2,16,17,20). The third kappa shape index (κ3) is 5.73. The molecule has 1 aromatic carbocycles. The van der Waals surface area contributed by atoms with Gasteiger partial charge in [0.2, 0.25) is 0 Å². The van der Waals surface area contributed by atoms with Gasteiger partial charge in [0.05, 0.1) is 0 Å². The zero-order chi connectivity index (χ0) is 15.3. The average molecular weight is 278 g/mol.